The first kappa shape index (κ1) is 23.1. The van der Waals surface area contributed by atoms with Crippen LogP contribution < -0.4 is 0 Å². The van der Waals surface area contributed by atoms with E-state index in [0.717, 1.165) is 19.3 Å². The topological polar surface area (TPSA) is 76.2 Å². The van der Waals surface area contributed by atoms with Gasteiger partial charge in [-0.1, -0.05) is 24.3 Å². The summed E-state index contributed by atoms with van der Waals surface area (Å²) >= 11 is 0. The van der Waals surface area contributed by atoms with Crippen LogP contribution in [-0.4, -0.2) is 60.1 Å². The molecule has 0 N–H and O–H groups in total. The molecule has 2 aliphatic rings. The SMILES string of the molecule is CN(C(=O)COC(=O)C1CCN(C(=O)OC(C)(C)C)CC1)C1CCCc2ccccc21. The Balaban J connectivity index is 1.46. The van der Waals surface area contributed by atoms with Gasteiger partial charge in [-0.25, -0.2) is 4.79 Å². The first-order chi connectivity index (χ1) is 14.7. The van der Waals surface area contributed by atoms with E-state index in [4.69, 9.17) is 9.47 Å². The molecule has 1 heterocycles. The van der Waals surface area contributed by atoms with Gasteiger partial charge in [-0.3, -0.25) is 9.59 Å². The van der Waals surface area contributed by atoms with Crippen molar-refractivity contribution in [2.24, 2.45) is 5.92 Å². The average molecular weight is 431 g/mol. The normalized spacial score (nSPS) is 19.4. The van der Waals surface area contributed by atoms with Crippen molar-refractivity contribution in [2.75, 3.05) is 26.7 Å². The Morgan fingerprint density at radius 2 is 1.77 bits per heavy atom. The Hall–Kier alpha value is -2.57. The number of carbonyl (C=O) groups excluding carboxylic acids is 3. The molecule has 1 aromatic rings. The number of carbonyl (C=O) groups is 3. The summed E-state index contributed by atoms with van der Waals surface area (Å²) in [6, 6.07) is 8.24. The summed E-state index contributed by atoms with van der Waals surface area (Å²) in [6.07, 6.45) is 3.65. The number of likely N-dealkylation sites (tertiary alicyclic amines) is 1. The highest BCUT2D eigenvalue weighted by Gasteiger charge is 2.32. The van der Waals surface area contributed by atoms with Gasteiger partial charge in [0.15, 0.2) is 6.61 Å². The van der Waals surface area contributed by atoms with Crippen LogP contribution in [-0.2, 0) is 25.5 Å². The molecule has 0 bridgehead atoms. The van der Waals surface area contributed by atoms with Crippen molar-refractivity contribution < 1.29 is 23.9 Å². The Labute approximate surface area is 184 Å². The van der Waals surface area contributed by atoms with E-state index >= 15 is 0 Å². The van der Waals surface area contributed by atoms with Crippen LogP contribution in [0, 0.1) is 5.92 Å². The van der Waals surface area contributed by atoms with Crippen molar-refractivity contribution in [1.82, 2.24) is 9.80 Å². The minimum atomic E-state index is -0.544. The van der Waals surface area contributed by atoms with Crippen molar-refractivity contribution in [3.8, 4) is 0 Å². The highest BCUT2D eigenvalue weighted by Crippen LogP contribution is 2.33. The van der Waals surface area contributed by atoms with Crippen molar-refractivity contribution >= 4 is 18.0 Å². The zero-order chi connectivity index (χ0) is 22.6. The van der Waals surface area contributed by atoms with Gasteiger partial charge in [0.25, 0.3) is 5.91 Å². The van der Waals surface area contributed by atoms with Crippen LogP contribution in [0.5, 0.6) is 0 Å². The molecular formula is C24H34N2O5. The molecule has 1 aromatic carbocycles. The van der Waals surface area contributed by atoms with Gasteiger partial charge in [0, 0.05) is 20.1 Å². The van der Waals surface area contributed by atoms with Crippen LogP contribution in [0.2, 0.25) is 0 Å². The number of likely N-dealkylation sites (N-methyl/N-ethyl adjacent to an activating group) is 1. The van der Waals surface area contributed by atoms with Gasteiger partial charge < -0.3 is 19.3 Å². The number of amides is 2. The molecule has 0 radical (unpaired) electrons. The molecule has 1 fully saturated rings. The molecule has 1 saturated heterocycles. The first-order valence-corrected chi connectivity index (χ1v) is 11.1. The molecule has 1 aliphatic heterocycles. The standard InChI is InChI=1S/C24H34N2O5/c1-24(2,3)31-23(29)26-14-12-18(13-15-26)22(28)30-16-21(27)25(4)20-11-7-9-17-8-5-6-10-19(17)20/h5-6,8,10,18,20H,7,9,11-16H2,1-4H3. The number of benzene rings is 1. The van der Waals surface area contributed by atoms with Crippen molar-refractivity contribution in [1.29, 1.82) is 0 Å². The van der Waals surface area contributed by atoms with Crippen molar-refractivity contribution in [2.45, 2.75) is 64.5 Å². The third-order valence-electron chi connectivity index (χ3n) is 6.02. The highest BCUT2D eigenvalue weighted by atomic mass is 16.6. The van der Waals surface area contributed by atoms with Gasteiger partial charge in [0.2, 0.25) is 0 Å². The van der Waals surface area contributed by atoms with E-state index in [1.165, 1.54) is 11.1 Å². The lowest BCUT2D eigenvalue weighted by molar-refractivity contribution is -0.157. The molecule has 0 spiro atoms. The predicted molar refractivity (Wildman–Crippen MR) is 116 cm³/mol. The third kappa shape index (κ3) is 5.99. The maximum atomic E-state index is 12.7. The smallest absolute Gasteiger partial charge is 0.410 e. The average Bonchev–Trinajstić information content (AvgIpc) is 2.75. The fraction of sp³-hybridized carbons (Fsp3) is 0.625. The van der Waals surface area contributed by atoms with Crippen LogP contribution in [0.1, 0.15) is 63.6 Å². The summed E-state index contributed by atoms with van der Waals surface area (Å²) in [4.78, 5) is 40.7. The van der Waals surface area contributed by atoms with Gasteiger partial charge in [-0.15, -0.1) is 0 Å². The molecule has 7 nitrogen and oxygen atoms in total. The second kappa shape index (κ2) is 9.71. The number of aryl methyl sites for hydroxylation is 1. The highest BCUT2D eigenvalue weighted by molar-refractivity contribution is 5.81. The van der Waals surface area contributed by atoms with E-state index < -0.39 is 5.60 Å². The van der Waals surface area contributed by atoms with Crippen molar-refractivity contribution in [3.63, 3.8) is 0 Å². The number of rotatable bonds is 4. The Morgan fingerprint density at radius 1 is 1.10 bits per heavy atom. The van der Waals surface area contributed by atoms with Crippen molar-refractivity contribution in [3.05, 3.63) is 35.4 Å². The lowest BCUT2D eigenvalue weighted by atomic mass is 9.87. The first-order valence-electron chi connectivity index (χ1n) is 11.1. The van der Waals surface area contributed by atoms with Gasteiger partial charge >= 0.3 is 12.1 Å². The van der Waals surface area contributed by atoms with Gasteiger partial charge in [-0.2, -0.15) is 0 Å². The fourth-order valence-corrected chi connectivity index (χ4v) is 4.28. The van der Waals surface area contributed by atoms with E-state index in [0.29, 0.717) is 25.9 Å². The number of fused-ring (bicyclic) bond motifs is 1. The fourth-order valence-electron chi connectivity index (χ4n) is 4.28. The molecule has 170 valence electrons. The molecule has 1 unspecified atom stereocenters. The zero-order valence-electron chi connectivity index (χ0n) is 19.1. The second-order valence-electron chi connectivity index (χ2n) is 9.46. The molecule has 1 aliphatic carbocycles. The minimum Gasteiger partial charge on any atom is -0.455 e. The van der Waals surface area contributed by atoms with Gasteiger partial charge in [0.05, 0.1) is 12.0 Å². The van der Waals surface area contributed by atoms with E-state index in [2.05, 4.69) is 12.1 Å². The van der Waals surface area contributed by atoms with Crippen LogP contribution >= 0.6 is 0 Å². The molecule has 0 saturated carbocycles. The van der Waals surface area contributed by atoms with Crippen LogP contribution in [0.3, 0.4) is 0 Å². The molecule has 0 aromatic heterocycles. The molecule has 31 heavy (non-hydrogen) atoms. The van der Waals surface area contributed by atoms with Crippen LogP contribution in [0.4, 0.5) is 4.79 Å². The summed E-state index contributed by atoms with van der Waals surface area (Å²) in [5.74, 6) is -0.858. The molecule has 1 atom stereocenters. The van der Waals surface area contributed by atoms with E-state index in [1.54, 1.807) is 16.8 Å². The summed E-state index contributed by atoms with van der Waals surface area (Å²) in [6.45, 7) is 6.13. The third-order valence-corrected chi connectivity index (χ3v) is 6.02. The number of piperidine rings is 1. The number of esters is 1. The summed E-state index contributed by atoms with van der Waals surface area (Å²) < 4.78 is 10.7. The maximum Gasteiger partial charge on any atom is 0.410 e. The van der Waals surface area contributed by atoms with E-state index in [1.807, 2.05) is 32.9 Å². The minimum absolute atomic E-state index is 0.0215. The van der Waals surface area contributed by atoms with Crippen LogP contribution in [0.25, 0.3) is 0 Å². The predicted octanol–water partition coefficient (Wildman–Crippen LogP) is 3.71. The molecule has 2 amide bonds. The Bertz CT molecular complexity index is 808. The summed E-state index contributed by atoms with van der Waals surface area (Å²) in [5, 5.41) is 0. The summed E-state index contributed by atoms with van der Waals surface area (Å²) in [5.41, 5.74) is 1.93. The molecule has 3 rings (SSSR count). The summed E-state index contributed by atoms with van der Waals surface area (Å²) in [7, 11) is 1.78. The van der Waals surface area contributed by atoms with Crippen LogP contribution in [0.15, 0.2) is 24.3 Å². The zero-order valence-corrected chi connectivity index (χ0v) is 19.1. The second-order valence-corrected chi connectivity index (χ2v) is 9.46. The van der Waals surface area contributed by atoms with E-state index in [9.17, 15) is 14.4 Å². The number of ether oxygens (including phenoxy) is 2. The molecule has 7 heteroatoms. The largest absolute Gasteiger partial charge is 0.455 e. The van der Waals surface area contributed by atoms with Gasteiger partial charge in [-0.05, 0) is 64.0 Å². The number of hydrogen-bond donors (Lipinski definition) is 0. The lowest BCUT2D eigenvalue weighted by Crippen LogP contribution is -2.43. The lowest BCUT2D eigenvalue weighted by Gasteiger charge is -2.34. The quantitative estimate of drug-likeness (QED) is 0.681. The Morgan fingerprint density at radius 3 is 2.45 bits per heavy atom. The van der Waals surface area contributed by atoms with Gasteiger partial charge in [0.1, 0.15) is 5.60 Å². The Kier molecular flexibility index (Phi) is 7.23. The maximum absolute atomic E-state index is 12.7. The molecular weight excluding hydrogens is 396 g/mol. The monoisotopic (exact) mass is 430 g/mol. The number of hydrogen-bond acceptors (Lipinski definition) is 5. The number of nitrogens with zero attached hydrogens (tertiary/aromatic N) is 2. The van der Waals surface area contributed by atoms with E-state index in [-0.39, 0.29) is 36.5 Å².